The molecule has 0 aliphatic carbocycles. The third-order valence-electron chi connectivity index (χ3n) is 6.81. The minimum Gasteiger partial charge on any atom is -0.444 e. The van der Waals surface area contributed by atoms with Crippen molar-refractivity contribution >= 4 is 35.4 Å². The molecule has 2 heterocycles. The summed E-state index contributed by atoms with van der Waals surface area (Å²) in [4.78, 5) is 62.4. The van der Waals surface area contributed by atoms with Gasteiger partial charge < -0.3 is 15.4 Å². The topological polar surface area (TPSA) is 134 Å². The summed E-state index contributed by atoms with van der Waals surface area (Å²) < 4.78 is 5.22. The van der Waals surface area contributed by atoms with Gasteiger partial charge in [-0.25, -0.2) is 4.79 Å². The number of alkyl carbamates (subject to hydrolysis) is 1. The first kappa shape index (κ1) is 30.1. The Bertz CT molecular complexity index is 1060. The van der Waals surface area contributed by atoms with Crippen LogP contribution in [0.1, 0.15) is 112 Å². The summed E-state index contributed by atoms with van der Waals surface area (Å²) in [6.07, 6.45) is 9.76. The number of anilines is 1. The van der Waals surface area contributed by atoms with E-state index in [1.54, 1.807) is 18.2 Å². The van der Waals surface area contributed by atoms with Gasteiger partial charge in [-0.3, -0.25) is 29.4 Å². The molecule has 214 valence electrons. The van der Waals surface area contributed by atoms with Gasteiger partial charge in [0.2, 0.25) is 11.8 Å². The number of unbranched alkanes of at least 4 members (excludes halogenated alkanes) is 8. The zero-order valence-corrected chi connectivity index (χ0v) is 23.4. The molecular formula is C29H42N4O6. The summed E-state index contributed by atoms with van der Waals surface area (Å²) >= 11 is 0. The number of carbonyl (C=O) groups is 5. The van der Waals surface area contributed by atoms with E-state index in [0.717, 1.165) is 43.4 Å². The molecule has 0 bridgehead atoms. The van der Waals surface area contributed by atoms with Crippen LogP contribution in [-0.2, 0) is 14.3 Å². The van der Waals surface area contributed by atoms with Gasteiger partial charge in [0, 0.05) is 25.2 Å². The Balaban J connectivity index is 1.28. The highest BCUT2D eigenvalue weighted by atomic mass is 16.6. The van der Waals surface area contributed by atoms with Crippen LogP contribution >= 0.6 is 0 Å². The van der Waals surface area contributed by atoms with Crippen molar-refractivity contribution in [3.63, 3.8) is 0 Å². The second-order valence-electron chi connectivity index (χ2n) is 11.2. The van der Waals surface area contributed by atoms with E-state index in [1.165, 1.54) is 19.3 Å². The Morgan fingerprint density at radius 2 is 1.54 bits per heavy atom. The minimum atomic E-state index is -0.961. The summed E-state index contributed by atoms with van der Waals surface area (Å²) in [5.74, 6) is -1.98. The number of carbonyl (C=O) groups excluding carboxylic acids is 5. The zero-order valence-electron chi connectivity index (χ0n) is 23.4. The quantitative estimate of drug-likeness (QED) is 0.232. The molecule has 1 saturated heterocycles. The van der Waals surface area contributed by atoms with E-state index in [0.29, 0.717) is 24.3 Å². The lowest BCUT2D eigenvalue weighted by Crippen LogP contribution is -2.54. The largest absolute Gasteiger partial charge is 0.444 e. The minimum absolute atomic E-state index is 0.0995. The van der Waals surface area contributed by atoms with Crippen molar-refractivity contribution in [3.05, 3.63) is 29.3 Å². The van der Waals surface area contributed by atoms with E-state index in [9.17, 15) is 24.0 Å². The SMILES string of the molecule is CC(C)(C)OC(=O)NCCCCCCCCCCCNc1cccc2c1C(=O)N(C1CCC(=O)NC1=O)C2=O. The molecule has 5 amide bonds. The number of hydrogen-bond donors (Lipinski definition) is 3. The second kappa shape index (κ2) is 14.1. The maximum atomic E-state index is 13.1. The predicted molar refractivity (Wildman–Crippen MR) is 147 cm³/mol. The van der Waals surface area contributed by atoms with E-state index < -0.39 is 29.4 Å². The third kappa shape index (κ3) is 8.80. The lowest BCUT2D eigenvalue weighted by Gasteiger charge is -2.27. The Hall–Kier alpha value is -3.43. The first-order chi connectivity index (χ1) is 18.6. The van der Waals surface area contributed by atoms with Gasteiger partial charge in [-0.05, 0) is 52.2 Å². The van der Waals surface area contributed by atoms with Crippen LogP contribution in [0.5, 0.6) is 0 Å². The van der Waals surface area contributed by atoms with E-state index in [4.69, 9.17) is 4.74 Å². The van der Waals surface area contributed by atoms with Gasteiger partial charge in [-0.1, -0.05) is 51.0 Å². The van der Waals surface area contributed by atoms with Gasteiger partial charge in [0.15, 0.2) is 0 Å². The average Bonchev–Trinajstić information content (AvgIpc) is 3.11. The predicted octanol–water partition coefficient (Wildman–Crippen LogP) is 4.54. The van der Waals surface area contributed by atoms with Crippen LogP contribution < -0.4 is 16.0 Å². The smallest absolute Gasteiger partial charge is 0.407 e. The maximum absolute atomic E-state index is 13.1. The molecule has 2 aliphatic rings. The van der Waals surface area contributed by atoms with Crippen LogP contribution in [-0.4, -0.2) is 59.4 Å². The van der Waals surface area contributed by atoms with Crippen molar-refractivity contribution in [1.82, 2.24) is 15.5 Å². The number of fused-ring (bicyclic) bond motifs is 1. The number of piperidine rings is 1. The van der Waals surface area contributed by atoms with E-state index in [1.807, 2.05) is 20.8 Å². The van der Waals surface area contributed by atoms with E-state index >= 15 is 0 Å². The molecule has 2 aliphatic heterocycles. The third-order valence-corrected chi connectivity index (χ3v) is 6.81. The molecule has 0 spiro atoms. The Labute approximate surface area is 230 Å². The fraction of sp³-hybridized carbons (Fsp3) is 0.621. The Kier molecular flexibility index (Phi) is 10.9. The molecule has 3 N–H and O–H groups in total. The van der Waals surface area contributed by atoms with E-state index in [2.05, 4.69) is 16.0 Å². The fourth-order valence-corrected chi connectivity index (χ4v) is 4.88. The first-order valence-corrected chi connectivity index (χ1v) is 14.1. The zero-order chi connectivity index (χ0) is 28.4. The van der Waals surface area contributed by atoms with Crippen molar-refractivity contribution in [3.8, 4) is 0 Å². The number of imide groups is 2. The number of ether oxygens (including phenoxy) is 1. The van der Waals surface area contributed by atoms with Gasteiger partial charge in [-0.2, -0.15) is 0 Å². The first-order valence-electron chi connectivity index (χ1n) is 14.1. The van der Waals surface area contributed by atoms with Gasteiger partial charge >= 0.3 is 6.09 Å². The lowest BCUT2D eigenvalue weighted by atomic mass is 10.0. The van der Waals surface area contributed by atoms with Gasteiger partial charge in [0.25, 0.3) is 11.8 Å². The van der Waals surface area contributed by atoms with Crippen molar-refractivity contribution in [1.29, 1.82) is 0 Å². The highest BCUT2D eigenvalue weighted by molar-refractivity contribution is 6.25. The van der Waals surface area contributed by atoms with Crippen LogP contribution in [0.25, 0.3) is 0 Å². The fourth-order valence-electron chi connectivity index (χ4n) is 4.88. The normalized spacial score (nSPS) is 17.2. The highest BCUT2D eigenvalue weighted by Gasteiger charge is 2.45. The Morgan fingerprint density at radius 1 is 0.923 bits per heavy atom. The molecule has 10 nitrogen and oxygen atoms in total. The van der Waals surface area contributed by atoms with Crippen molar-refractivity contribution in [2.45, 2.75) is 103 Å². The lowest BCUT2D eigenvalue weighted by molar-refractivity contribution is -0.136. The molecule has 3 rings (SSSR count). The van der Waals surface area contributed by atoms with Crippen molar-refractivity contribution in [2.24, 2.45) is 0 Å². The standard InChI is InChI=1S/C29H42N4O6/c1-29(2,3)39-28(38)31-19-12-10-8-6-4-5-7-9-11-18-30-21-15-13-14-20-24(21)27(37)33(26(20)36)22-16-17-23(34)32-25(22)35/h13-15,22,30H,4-12,16-19H2,1-3H3,(H,31,38)(H,32,34,35). The van der Waals surface area contributed by atoms with Crippen LogP contribution in [0.4, 0.5) is 10.5 Å². The summed E-state index contributed by atoms with van der Waals surface area (Å²) in [6.45, 7) is 6.87. The average molecular weight is 543 g/mol. The summed E-state index contributed by atoms with van der Waals surface area (Å²) in [6, 6.07) is 4.15. The number of rotatable bonds is 14. The van der Waals surface area contributed by atoms with Crippen molar-refractivity contribution < 1.29 is 28.7 Å². The molecule has 39 heavy (non-hydrogen) atoms. The Morgan fingerprint density at radius 3 is 2.15 bits per heavy atom. The maximum Gasteiger partial charge on any atom is 0.407 e. The monoisotopic (exact) mass is 542 g/mol. The number of benzene rings is 1. The van der Waals surface area contributed by atoms with E-state index in [-0.39, 0.29) is 30.4 Å². The molecule has 10 heteroatoms. The van der Waals surface area contributed by atoms with Crippen LogP contribution in [0.15, 0.2) is 18.2 Å². The number of hydrogen-bond acceptors (Lipinski definition) is 7. The van der Waals surface area contributed by atoms with Crippen molar-refractivity contribution in [2.75, 3.05) is 18.4 Å². The molecule has 1 aromatic carbocycles. The van der Waals surface area contributed by atoms with Gasteiger partial charge in [-0.15, -0.1) is 0 Å². The molecule has 0 saturated carbocycles. The number of nitrogens with zero attached hydrogens (tertiary/aromatic N) is 1. The summed E-state index contributed by atoms with van der Waals surface area (Å²) in [7, 11) is 0. The molecule has 1 aromatic rings. The van der Waals surface area contributed by atoms with Crippen LogP contribution in [0.2, 0.25) is 0 Å². The summed E-state index contributed by atoms with van der Waals surface area (Å²) in [5.41, 5.74) is 0.716. The molecule has 0 aromatic heterocycles. The van der Waals surface area contributed by atoms with Crippen LogP contribution in [0.3, 0.4) is 0 Å². The second-order valence-corrected chi connectivity index (χ2v) is 11.2. The summed E-state index contributed by atoms with van der Waals surface area (Å²) in [5, 5.41) is 8.30. The molecule has 1 atom stereocenters. The number of nitrogens with one attached hydrogen (secondary N) is 3. The highest BCUT2D eigenvalue weighted by Crippen LogP contribution is 2.32. The number of amides is 5. The molecule has 1 fully saturated rings. The van der Waals surface area contributed by atoms with Crippen LogP contribution in [0, 0.1) is 0 Å². The van der Waals surface area contributed by atoms with Gasteiger partial charge in [0.05, 0.1) is 11.1 Å². The molecule has 0 radical (unpaired) electrons. The molecule has 1 unspecified atom stereocenters. The molecular weight excluding hydrogens is 500 g/mol. The van der Waals surface area contributed by atoms with Gasteiger partial charge in [0.1, 0.15) is 11.6 Å².